The maximum atomic E-state index is 13.3. The smallest absolute Gasteiger partial charge is 0.252 e. The van der Waals surface area contributed by atoms with Crippen LogP contribution in [0, 0.1) is 32.4 Å². The van der Waals surface area contributed by atoms with Crippen LogP contribution in [0.25, 0.3) is 0 Å². The lowest BCUT2D eigenvalue weighted by atomic mass is 9.98. The van der Waals surface area contributed by atoms with Crippen LogP contribution in [-0.2, 0) is 0 Å². The van der Waals surface area contributed by atoms with Gasteiger partial charge in [-0.2, -0.15) is 0 Å². The number of benzene rings is 2. The molecule has 0 heterocycles. The van der Waals surface area contributed by atoms with E-state index in [1.165, 1.54) is 6.07 Å². The van der Waals surface area contributed by atoms with Gasteiger partial charge in [0.2, 0.25) is 0 Å². The van der Waals surface area contributed by atoms with Crippen molar-refractivity contribution >= 4 is 5.91 Å². The molecule has 0 aliphatic heterocycles. The fraction of sp³-hybridized carbons (Fsp3) is 0.278. The molecule has 4 heteroatoms. The largest absolute Gasteiger partial charge is 0.345 e. The van der Waals surface area contributed by atoms with Gasteiger partial charge in [-0.05, 0) is 56.5 Å². The average molecular weight is 303 g/mol. The molecule has 0 aromatic heterocycles. The Morgan fingerprint density at radius 1 is 1.00 bits per heavy atom. The molecule has 0 aliphatic carbocycles. The van der Waals surface area contributed by atoms with Crippen LogP contribution < -0.4 is 5.32 Å². The summed E-state index contributed by atoms with van der Waals surface area (Å²) >= 11 is 0. The third-order valence-electron chi connectivity index (χ3n) is 3.70. The summed E-state index contributed by atoms with van der Waals surface area (Å²) in [5.41, 5.74) is 4.04. The van der Waals surface area contributed by atoms with Crippen molar-refractivity contribution in [3.8, 4) is 0 Å². The van der Waals surface area contributed by atoms with E-state index in [9.17, 15) is 13.6 Å². The van der Waals surface area contributed by atoms with Gasteiger partial charge in [-0.25, -0.2) is 8.78 Å². The highest BCUT2D eigenvalue weighted by atomic mass is 19.2. The average Bonchev–Trinajstić information content (AvgIpc) is 2.40. The highest BCUT2D eigenvalue weighted by molar-refractivity contribution is 5.97. The van der Waals surface area contributed by atoms with Crippen LogP contribution in [0.15, 0.2) is 30.3 Å². The Bertz CT molecular complexity index is 702. The third kappa shape index (κ3) is 3.32. The predicted molar refractivity (Wildman–Crippen MR) is 82.9 cm³/mol. The molecule has 0 radical (unpaired) electrons. The minimum atomic E-state index is -0.915. The number of halogens is 2. The van der Waals surface area contributed by atoms with Gasteiger partial charge in [-0.3, -0.25) is 4.79 Å². The first-order valence-electron chi connectivity index (χ1n) is 7.13. The molecule has 2 rings (SSSR count). The minimum Gasteiger partial charge on any atom is -0.345 e. The van der Waals surface area contributed by atoms with Crippen LogP contribution in [0.4, 0.5) is 8.78 Å². The van der Waals surface area contributed by atoms with Crippen LogP contribution >= 0.6 is 0 Å². The van der Waals surface area contributed by atoms with E-state index >= 15 is 0 Å². The lowest BCUT2D eigenvalue weighted by Gasteiger charge is -2.17. The molecular formula is C18H19F2NO. The van der Waals surface area contributed by atoms with E-state index in [0.717, 1.165) is 28.8 Å². The molecule has 2 aromatic carbocycles. The molecule has 0 fully saturated rings. The second-order valence-electron chi connectivity index (χ2n) is 5.64. The summed E-state index contributed by atoms with van der Waals surface area (Å²) in [5.74, 6) is -2.03. The Morgan fingerprint density at radius 2 is 1.59 bits per heavy atom. The Morgan fingerprint density at radius 3 is 2.14 bits per heavy atom. The zero-order valence-corrected chi connectivity index (χ0v) is 13.1. The fourth-order valence-electron chi connectivity index (χ4n) is 2.67. The topological polar surface area (TPSA) is 29.1 Å². The van der Waals surface area contributed by atoms with Crippen molar-refractivity contribution in [2.24, 2.45) is 0 Å². The van der Waals surface area contributed by atoms with Gasteiger partial charge < -0.3 is 5.32 Å². The van der Waals surface area contributed by atoms with E-state index in [2.05, 4.69) is 5.32 Å². The van der Waals surface area contributed by atoms with Gasteiger partial charge in [-0.15, -0.1) is 0 Å². The lowest BCUT2D eigenvalue weighted by Crippen LogP contribution is -2.28. The van der Waals surface area contributed by atoms with Gasteiger partial charge in [0.15, 0.2) is 11.6 Å². The van der Waals surface area contributed by atoms with Crippen molar-refractivity contribution in [2.75, 3.05) is 0 Å². The van der Waals surface area contributed by atoms with Gasteiger partial charge in [0, 0.05) is 5.56 Å². The second kappa shape index (κ2) is 6.26. The molecule has 0 bridgehead atoms. The molecule has 1 unspecified atom stereocenters. The van der Waals surface area contributed by atoms with E-state index in [1.54, 1.807) is 6.92 Å². The molecule has 0 spiro atoms. The number of aryl methyl sites for hydroxylation is 3. The van der Waals surface area contributed by atoms with Gasteiger partial charge in [0.25, 0.3) is 5.91 Å². The summed E-state index contributed by atoms with van der Waals surface area (Å²) in [6, 6.07) is 7.12. The van der Waals surface area contributed by atoms with Gasteiger partial charge in [-0.1, -0.05) is 23.8 Å². The summed E-state index contributed by atoms with van der Waals surface area (Å²) in [5, 5.41) is 2.83. The first-order valence-corrected chi connectivity index (χ1v) is 7.13. The molecular weight excluding hydrogens is 284 g/mol. The summed E-state index contributed by atoms with van der Waals surface area (Å²) in [6.45, 7) is 7.49. The number of nitrogens with one attached hydrogen (secondary N) is 1. The molecule has 2 aromatic rings. The number of rotatable bonds is 3. The normalized spacial score (nSPS) is 12.1. The molecule has 1 amide bonds. The van der Waals surface area contributed by atoms with Crippen molar-refractivity contribution in [3.63, 3.8) is 0 Å². The first kappa shape index (κ1) is 16.1. The van der Waals surface area contributed by atoms with Gasteiger partial charge in [0.05, 0.1) is 6.04 Å². The molecule has 116 valence electrons. The van der Waals surface area contributed by atoms with Crippen molar-refractivity contribution in [3.05, 3.63) is 69.8 Å². The van der Waals surface area contributed by atoms with E-state index < -0.39 is 17.7 Å². The number of carbonyl (C=O) groups is 1. The second-order valence-corrected chi connectivity index (χ2v) is 5.64. The van der Waals surface area contributed by atoms with Crippen LogP contribution in [0.5, 0.6) is 0 Å². The van der Waals surface area contributed by atoms with Crippen molar-refractivity contribution in [2.45, 2.75) is 33.7 Å². The Hall–Kier alpha value is -2.23. The Kier molecular flexibility index (Phi) is 4.59. The molecule has 0 saturated heterocycles. The predicted octanol–water partition coefficient (Wildman–Crippen LogP) is 4.38. The molecule has 1 N–H and O–H groups in total. The molecule has 22 heavy (non-hydrogen) atoms. The van der Waals surface area contributed by atoms with E-state index in [1.807, 2.05) is 32.9 Å². The maximum absolute atomic E-state index is 13.3. The first-order chi connectivity index (χ1) is 10.3. The van der Waals surface area contributed by atoms with Gasteiger partial charge in [0.1, 0.15) is 0 Å². The minimum absolute atomic E-state index is 0.216. The highest BCUT2D eigenvalue weighted by Crippen LogP contribution is 2.20. The van der Waals surface area contributed by atoms with Gasteiger partial charge >= 0.3 is 0 Å². The van der Waals surface area contributed by atoms with E-state index in [4.69, 9.17) is 0 Å². The van der Waals surface area contributed by atoms with Crippen molar-refractivity contribution in [1.82, 2.24) is 5.32 Å². The van der Waals surface area contributed by atoms with E-state index in [0.29, 0.717) is 11.1 Å². The Balaban J connectivity index is 2.23. The summed E-state index contributed by atoms with van der Waals surface area (Å²) in [4.78, 5) is 12.5. The van der Waals surface area contributed by atoms with Crippen LogP contribution in [0.1, 0.15) is 45.6 Å². The standard InChI is InChI=1S/C18H19F2NO/c1-10-7-11(2)17(12(3)8-10)18(22)21-13(4)14-5-6-15(19)16(20)9-14/h5-9,13H,1-4H3,(H,21,22). The molecule has 2 nitrogen and oxygen atoms in total. The number of carbonyl (C=O) groups excluding carboxylic acids is 1. The quantitative estimate of drug-likeness (QED) is 0.895. The summed E-state index contributed by atoms with van der Waals surface area (Å²) < 4.78 is 26.3. The van der Waals surface area contributed by atoms with E-state index in [-0.39, 0.29) is 5.91 Å². The summed E-state index contributed by atoms with van der Waals surface area (Å²) in [6.07, 6.45) is 0. The molecule has 0 aliphatic rings. The zero-order chi connectivity index (χ0) is 16.4. The van der Waals surface area contributed by atoms with Crippen molar-refractivity contribution < 1.29 is 13.6 Å². The summed E-state index contributed by atoms with van der Waals surface area (Å²) in [7, 11) is 0. The zero-order valence-electron chi connectivity index (χ0n) is 13.1. The fourth-order valence-corrected chi connectivity index (χ4v) is 2.67. The van der Waals surface area contributed by atoms with Crippen molar-refractivity contribution in [1.29, 1.82) is 0 Å². The highest BCUT2D eigenvalue weighted by Gasteiger charge is 2.17. The lowest BCUT2D eigenvalue weighted by molar-refractivity contribution is 0.0938. The SMILES string of the molecule is Cc1cc(C)c(C(=O)NC(C)c2ccc(F)c(F)c2)c(C)c1. The molecule has 0 saturated carbocycles. The monoisotopic (exact) mass is 303 g/mol. The Labute approximate surface area is 129 Å². The molecule has 1 atom stereocenters. The third-order valence-corrected chi connectivity index (χ3v) is 3.70. The van der Waals surface area contributed by atoms with Crippen LogP contribution in [0.2, 0.25) is 0 Å². The number of hydrogen-bond acceptors (Lipinski definition) is 1. The number of hydrogen-bond donors (Lipinski definition) is 1. The van der Waals surface area contributed by atoms with Crippen LogP contribution in [-0.4, -0.2) is 5.91 Å². The maximum Gasteiger partial charge on any atom is 0.252 e. The number of amides is 1. The van der Waals surface area contributed by atoms with Crippen LogP contribution in [0.3, 0.4) is 0 Å².